The van der Waals surface area contributed by atoms with Crippen LogP contribution in [0.5, 0.6) is 0 Å². The van der Waals surface area contributed by atoms with Crippen molar-refractivity contribution in [2.24, 2.45) is 0 Å². The van der Waals surface area contributed by atoms with Gasteiger partial charge in [-0.05, 0) is 36.1 Å². The van der Waals surface area contributed by atoms with Gasteiger partial charge in [0.05, 0.1) is 5.69 Å². The van der Waals surface area contributed by atoms with Crippen LogP contribution in [0.1, 0.15) is 38.1 Å². The summed E-state index contributed by atoms with van der Waals surface area (Å²) in [5.74, 6) is 0. The van der Waals surface area contributed by atoms with Gasteiger partial charge in [0.15, 0.2) is 0 Å². The van der Waals surface area contributed by atoms with Crippen LogP contribution in [-0.2, 0) is 0 Å². The Labute approximate surface area is 135 Å². The number of aromatic nitrogens is 3. The molecule has 22 heavy (non-hydrogen) atoms. The molecule has 3 aromatic rings. The van der Waals surface area contributed by atoms with Crippen LogP contribution in [0.2, 0.25) is 5.28 Å². The lowest BCUT2D eigenvalue weighted by Crippen LogP contribution is -2.14. The Hall–Kier alpha value is -1.87. The number of benzene rings is 1. The van der Waals surface area contributed by atoms with E-state index in [2.05, 4.69) is 44.9 Å². The zero-order valence-corrected chi connectivity index (χ0v) is 13.1. The van der Waals surface area contributed by atoms with Gasteiger partial charge in [0, 0.05) is 17.6 Å². The van der Waals surface area contributed by atoms with Crippen molar-refractivity contribution >= 4 is 22.6 Å². The topological polar surface area (TPSA) is 30.7 Å². The van der Waals surface area contributed by atoms with Crippen molar-refractivity contribution in [1.29, 1.82) is 0 Å². The van der Waals surface area contributed by atoms with Crippen molar-refractivity contribution in [3.8, 4) is 11.3 Å². The molecule has 0 N–H and O–H groups in total. The highest BCUT2D eigenvalue weighted by atomic mass is 35.5. The van der Waals surface area contributed by atoms with Gasteiger partial charge in [0.1, 0.15) is 5.65 Å². The molecule has 4 rings (SSSR count). The fourth-order valence-corrected chi connectivity index (χ4v) is 3.66. The smallest absolute Gasteiger partial charge is 0.224 e. The summed E-state index contributed by atoms with van der Waals surface area (Å²) >= 11 is 6.05. The first-order valence-electron chi connectivity index (χ1n) is 7.92. The standard InChI is InChI=1S/C18H18ClN3/c19-18-20-12-14-11-16(13-7-3-1-4-8-13)22(17(14)21-18)15-9-5-2-6-10-15/h1,3-4,7-8,11-12,15H,2,5-6,9-10H2. The molecule has 3 nitrogen and oxygen atoms in total. The van der Waals surface area contributed by atoms with E-state index in [-0.39, 0.29) is 0 Å². The van der Waals surface area contributed by atoms with Crippen molar-refractivity contribution in [3.63, 3.8) is 0 Å². The largest absolute Gasteiger partial charge is 0.322 e. The van der Waals surface area contributed by atoms with Crippen LogP contribution < -0.4 is 0 Å². The molecule has 4 heteroatoms. The quantitative estimate of drug-likeness (QED) is 0.605. The average Bonchev–Trinajstić information content (AvgIpc) is 2.95. The van der Waals surface area contributed by atoms with Gasteiger partial charge in [-0.1, -0.05) is 49.6 Å². The van der Waals surface area contributed by atoms with Crippen LogP contribution >= 0.6 is 11.6 Å². The number of rotatable bonds is 2. The van der Waals surface area contributed by atoms with E-state index in [1.54, 1.807) is 0 Å². The van der Waals surface area contributed by atoms with E-state index in [0.29, 0.717) is 11.3 Å². The van der Waals surface area contributed by atoms with Gasteiger partial charge in [0.25, 0.3) is 0 Å². The molecule has 2 aromatic heterocycles. The lowest BCUT2D eigenvalue weighted by molar-refractivity contribution is 0.362. The van der Waals surface area contributed by atoms with Gasteiger partial charge in [-0.3, -0.25) is 0 Å². The van der Waals surface area contributed by atoms with Gasteiger partial charge < -0.3 is 4.57 Å². The van der Waals surface area contributed by atoms with E-state index in [1.165, 1.54) is 43.4 Å². The molecule has 0 unspecified atom stereocenters. The Morgan fingerprint density at radius 3 is 2.59 bits per heavy atom. The molecular weight excluding hydrogens is 294 g/mol. The fourth-order valence-electron chi connectivity index (χ4n) is 3.53. The molecule has 1 aliphatic rings. The molecule has 0 bridgehead atoms. The minimum atomic E-state index is 0.322. The van der Waals surface area contributed by atoms with E-state index in [9.17, 15) is 0 Å². The highest BCUT2D eigenvalue weighted by Crippen LogP contribution is 2.36. The Balaban J connectivity index is 1.94. The van der Waals surface area contributed by atoms with Gasteiger partial charge in [0.2, 0.25) is 5.28 Å². The van der Waals surface area contributed by atoms with Crippen molar-refractivity contribution < 1.29 is 0 Å². The van der Waals surface area contributed by atoms with E-state index >= 15 is 0 Å². The van der Waals surface area contributed by atoms with Gasteiger partial charge in [-0.25, -0.2) is 4.98 Å². The minimum Gasteiger partial charge on any atom is -0.322 e. The lowest BCUT2D eigenvalue weighted by atomic mass is 9.95. The van der Waals surface area contributed by atoms with Crippen molar-refractivity contribution in [2.45, 2.75) is 38.1 Å². The summed E-state index contributed by atoms with van der Waals surface area (Å²) in [5.41, 5.74) is 3.41. The molecular formula is C18H18ClN3. The summed E-state index contributed by atoms with van der Waals surface area (Å²) in [6, 6.07) is 13.2. The molecule has 2 heterocycles. The van der Waals surface area contributed by atoms with Crippen LogP contribution in [0.25, 0.3) is 22.3 Å². The zero-order valence-electron chi connectivity index (χ0n) is 12.4. The second-order valence-electron chi connectivity index (χ2n) is 5.98. The third-order valence-corrected chi connectivity index (χ3v) is 4.74. The molecule has 1 aliphatic carbocycles. The molecule has 1 saturated carbocycles. The van der Waals surface area contributed by atoms with Crippen molar-refractivity contribution in [3.05, 3.63) is 47.9 Å². The Bertz CT molecular complexity index is 789. The number of hydrogen-bond donors (Lipinski definition) is 0. The average molecular weight is 312 g/mol. The van der Waals surface area contributed by atoms with E-state index in [1.807, 2.05) is 12.3 Å². The Kier molecular flexibility index (Phi) is 3.59. The van der Waals surface area contributed by atoms with Gasteiger partial charge in [-0.2, -0.15) is 4.98 Å². The molecule has 0 radical (unpaired) electrons. The highest BCUT2D eigenvalue weighted by molar-refractivity contribution is 6.28. The highest BCUT2D eigenvalue weighted by Gasteiger charge is 2.22. The molecule has 112 valence electrons. The number of hydrogen-bond acceptors (Lipinski definition) is 2. The predicted molar refractivity (Wildman–Crippen MR) is 90.1 cm³/mol. The van der Waals surface area contributed by atoms with Crippen LogP contribution in [0.4, 0.5) is 0 Å². The van der Waals surface area contributed by atoms with E-state index in [0.717, 1.165) is 11.0 Å². The summed E-state index contributed by atoms with van der Waals surface area (Å²) in [6.45, 7) is 0. The van der Waals surface area contributed by atoms with Crippen molar-refractivity contribution in [1.82, 2.24) is 14.5 Å². The third-order valence-electron chi connectivity index (χ3n) is 4.56. The predicted octanol–water partition coefficient (Wildman–Crippen LogP) is 5.26. The zero-order chi connectivity index (χ0) is 14.9. The third kappa shape index (κ3) is 2.40. The molecule has 0 aliphatic heterocycles. The van der Waals surface area contributed by atoms with E-state index < -0.39 is 0 Å². The molecule has 0 saturated heterocycles. The summed E-state index contributed by atoms with van der Waals surface area (Å²) in [4.78, 5) is 8.66. The SMILES string of the molecule is Clc1ncc2cc(-c3ccccc3)n(C3CCCCC3)c2n1. The van der Waals surface area contributed by atoms with Gasteiger partial charge in [-0.15, -0.1) is 0 Å². The molecule has 0 atom stereocenters. The Morgan fingerprint density at radius 1 is 1.05 bits per heavy atom. The van der Waals surface area contributed by atoms with Crippen LogP contribution in [-0.4, -0.2) is 14.5 Å². The van der Waals surface area contributed by atoms with Crippen molar-refractivity contribution in [2.75, 3.05) is 0 Å². The summed E-state index contributed by atoms with van der Waals surface area (Å²) in [6.07, 6.45) is 8.17. The monoisotopic (exact) mass is 311 g/mol. The number of fused-ring (bicyclic) bond motifs is 1. The van der Waals surface area contributed by atoms with E-state index in [4.69, 9.17) is 11.6 Å². The van der Waals surface area contributed by atoms with Crippen LogP contribution in [0.3, 0.4) is 0 Å². The second kappa shape index (κ2) is 5.73. The summed E-state index contributed by atoms with van der Waals surface area (Å²) in [5, 5.41) is 1.39. The molecule has 0 amide bonds. The maximum Gasteiger partial charge on any atom is 0.224 e. The number of halogens is 1. The maximum atomic E-state index is 6.05. The fraction of sp³-hybridized carbons (Fsp3) is 0.333. The first kappa shape index (κ1) is 13.8. The Morgan fingerprint density at radius 2 is 1.82 bits per heavy atom. The lowest BCUT2D eigenvalue weighted by Gasteiger charge is -2.26. The van der Waals surface area contributed by atoms with Gasteiger partial charge >= 0.3 is 0 Å². The molecule has 1 aromatic carbocycles. The first-order chi connectivity index (χ1) is 10.8. The molecule has 0 spiro atoms. The molecule has 1 fully saturated rings. The summed E-state index contributed by atoms with van der Waals surface area (Å²) in [7, 11) is 0. The van der Waals surface area contributed by atoms with Crippen LogP contribution in [0, 0.1) is 0 Å². The normalized spacial score (nSPS) is 16.2. The van der Waals surface area contributed by atoms with Crippen LogP contribution in [0.15, 0.2) is 42.6 Å². The minimum absolute atomic E-state index is 0.322. The maximum absolute atomic E-state index is 6.05. The first-order valence-corrected chi connectivity index (χ1v) is 8.29. The number of nitrogens with zero attached hydrogens (tertiary/aromatic N) is 3. The summed E-state index contributed by atoms with van der Waals surface area (Å²) < 4.78 is 2.39. The second-order valence-corrected chi connectivity index (χ2v) is 6.31.